The second kappa shape index (κ2) is 17.1. The molecule has 0 aliphatic heterocycles. The second-order valence-electron chi connectivity index (χ2n) is 20.1. The number of halogens is 2. The first-order valence-corrected chi connectivity index (χ1v) is 39.4. The van der Waals surface area contributed by atoms with Crippen LogP contribution in [0.15, 0.2) is 121 Å². The molecule has 0 fully saturated rings. The number of hydrogen-bond donors (Lipinski definition) is 0. The van der Waals surface area contributed by atoms with Crippen LogP contribution in [0.5, 0.6) is 0 Å². The van der Waals surface area contributed by atoms with Gasteiger partial charge in [0.2, 0.25) is 0 Å². The maximum atomic E-state index is 9.19. The van der Waals surface area contributed by atoms with Gasteiger partial charge in [0.25, 0.3) is 0 Å². The molecule has 6 aromatic rings. The molecule has 0 aromatic heterocycles. The molecule has 0 spiro atoms. The quantitative estimate of drug-likeness (QED) is 0.114. The van der Waals surface area contributed by atoms with Crippen LogP contribution in [0.3, 0.4) is 0 Å². The third-order valence-electron chi connectivity index (χ3n) is 14.4. The minimum atomic E-state index is -5.32. The van der Waals surface area contributed by atoms with Gasteiger partial charge in [-0.3, -0.25) is 0 Å². The molecule has 2 aliphatic rings. The summed E-state index contributed by atoms with van der Waals surface area (Å²) in [7, 11) is 18.4. The number of benzene rings is 6. The monoisotopic (exact) mass is 949 g/mol. The molecule has 0 nitrogen and oxygen atoms in total. The van der Waals surface area contributed by atoms with Crippen LogP contribution in [0.1, 0.15) is 153 Å². The van der Waals surface area contributed by atoms with Crippen LogP contribution in [0.4, 0.5) is 0 Å². The average Bonchev–Trinajstić information content (AvgIpc) is 3.85. The van der Waals surface area contributed by atoms with Gasteiger partial charge in [0.05, 0.1) is 0 Å². The summed E-state index contributed by atoms with van der Waals surface area (Å²) < 4.78 is -0.212. The Morgan fingerprint density at radius 1 is 0.435 bits per heavy atom. The number of allylic oxidation sites excluding steroid dienone is 2. The fraction of sp³-hybridized carbons (Fsp3) is 0.310. The summed E-state index contributed by atoms with van der Waals surface area (Å²) in [5.74, 6) is -0.223. The summed E-state index contributed by atoms with van der Waals surface area (Å²) in [4.78, 5) is 0. The van der Waals surface area contributed by atoms with Gasteiger partial charge in [-0.2, -0.15) is 0 Å². The van der Waals surface area contributed by atoms with Gasteiger partial charge >= 0.3 is 385 Å². The van der Waals surface area contributed by atoms with Crippen LogP contribution in [-0.4, -0.2) is 5.92 Å². The molecular formula is C58H65Cl2SiZr. The number of rotatable bonds is 11. The Morgan fingerprint density at radius 2 is 0.758 bits per heavy atom. The molecule has 0 saturated carbocycles. The summed E-state index contributed by atoms with van der Waals surface area (Å²) in [5, 5.41) is 0. The molecule has 0 amide bonds. The molecule has 6 aromatic carbocycles. The predicted molar refractivity (Wildman–Crippen MR) is 274 cm³/mol. The van der Waals surface area contributed by atoms with E-state index in [2.05, 4.69) is 216 Å². The summed E-state index contributed by atoms with van der Waals surface area (Å²) in [6, 6.07) is 46.2. The first kappa shape index (κ1) is 45.1. The van der Waals surface area contributed by atoms with Crippen LogP contribution in [0.2, 0.25) is 13.1 Å². The molecule has 0 saturated heterocycles. The first-order valence-electron chi connectivity index (χ1n) is 23.1. The van der Waals surface area contributed by atoms with Crippen LogP contribution in [-0.2, 0) is 15.6 Å². The number of hydrogen-bond acceptors (Lipinski definition) is 0. The Balaban J connectivity index is 1.45. The molecule has 0 radical (unpaired) electrons. The SMILES string of the molecule is Cc1ccc2c(c1-c1cc(C(C)C)cc(C(C)C)c1)C=C(c1ccccc1)[CH]2[Zr]([Cl])([Cl])([CH]1C(c2ccccc2)=Cc2c1ccc(C)c2-c1cc(C(C)C)cc(C(C)C)c1)[SiH](C)C. The standard InChI is InChI=1S/2C28H29.C2H7Si.2ClH.Zr/c2*1-18(2)23-14-24(19(3)4)16-26(15-23)28-20(5)11-12-22-13-25(17-27(22)28)21-9-7-6-8-10-21;1-3-2;;;/h2*6-19H,1-5H3;3H,1-2H3;2*1H;/q;;;;;+2/p-2. The van der Waals surface area contributed by atoms with Crippen LogP contribution in [0.25, 0.3) is 45.6 Å². The first-order chi connectivity index (χ1) is 29.4. The van der Waals surface area contributed by atoms with Crippen LogP contribution in [0, 0.1) is 13.8 Å². The molecule has 2 aliphatic carbocycles. The topological polar surface area (TPSA) is 0 Å². The Bertz CT molecular complexity index is 2500. The molecule has 8 rings (SSSR count). The van der Waals surface area contributed by atoms with Gasteiger partial charge in [0.1, 0.15) is 0 Å². The van der Waals surface area contributed by atoms with E-state index in [0.29, 0.717) is 23.7 Å². The molecule has 319 valence electrons. The van der Waals surface area contributed by atoms with Gasteiger partial charge in [0, 0.05) is 0 Å². The van der Waals surface area contributed by atoms with E-state index in [1.807, 2.05) is 0 Å². The third kappa shape index (κ3) is 7.68. The molecule has 0 heterocycles. The van der Waals surface area contributed by atoms with Crippen molar-refractivity contribution in [3.63, 3.8) is 0 Å². The van der Waals surface area contributed by atoms with Crippen molar-refractivity contribution in [1.82, 2.24) is 0 Å². The van der Waals surface area contributed by atoms with Crippen molar-refractivity contribution >= 4 is 46.2 Å². The zero-order valence-corrected chi connectivity index (χ0v) is 44.1. The maximum absolute atomic E-state index is 9.19. The molecule has 2 unspecified atom stereocenters. The zero-order chi connectivity index (χ0) is 44.4. The van der Waals surface area contributed by atoms with Crippen molar-refractivity contribution in [3.05, 3.63) is 188 Å². The van der Waals surface area contributed by atoms with Gasteiger partial charge < -0.3 is 0 Å². The van der Waals surface area contributed by atoms with Crippen molar-refractivity contribution in [3.8, 4) is 22.3 Å². The summed E-state index contributed by atoms with van der Waals surface area (Å²) in [5.41, 5.74) is 23.5. The second-order valence-corrected chi connectivity index (χ2v) is 62.6. The normalized spacial score (nSPS) is 16.9. The van der Waals surface area contributed by atoms with Crippen LogP contribution < -0.4 is 0 Å². The van der Waals surface area contributed by atoms with Crippen molar-refractivity contribution in [2.45, 2.75) is 113 Å². The fourth-order valence-electron chi connectivity index (χ4n) is 10.6. The Hall–Kier alpha value is -3.52. The summed E-state index contributed by atoms with van der Waals surface area (Å²) in [6.07, 6.45) is 5.02. The van der Waals surface area contributed by atoms with E-state index in [-0.39, 0.29) is 7.25 Å². The van der Waals surface area contributed by atoms with Crippen molar-refractivity contribution in [2.24, 2.45) is 0 Å². The average molecular weight is 952 g/mol. The minimum absolute atomic E-state index is 0.106. The van der Waals surface area contributed by atoms with E-state index in [9.17, 15) is 17.0 Å². The van der Waals surface area contributed by atoms with Crippen molar-refractivity contribution in [2.75, 3.05) is 0 Å². The molecular weight excluding hydrogens is 887 g/mol. The Labute approximate surface area is 382 Å². The number of fused-ring (bicyclic) bond motifs is 2. The van der Waals surface area contributed by atoms with Gasteiger partial charge in [-0.15, -0.1) is 0 Å². The zero-order valence-electron chi connectivity index (χ0n) is 39.0. The Morgan fingerprint density at radius 3 is 1.05 bits per heavy atom. The van der Waals surface area contributed by atoms with Crippen LogP contribution >= 0.6 is 17.0 Å². The van der Waals surface area contributed by atoms with E-state index < -0.39 is 21.5 Å². The molecule has 0 N–H and O–H groups in total. The van der Waals surface area contributed by atoms with Gasteiger partial charge in [-0.1, -0.05) is 0 Å². The van der Waals surface area contributed by atoms with Gasteiger partial charge in [-0.05, 0) is 0 Å². The number of aryl methyl sites for hydroxylation is 2. The van der Waals surface area contributed by atoms with E-state index in [1.165, 1.54) is 100 Å². The van der Waals surface area contributed by atoms with Crippen molar-refractivity contribution < 1.29 is 15.6 Å². The summed E-state index contributed by atoms with van der Waals surface area (Å²) in [6.45, 7) is 28.0. The van der Waals surface area contributed by atoms with Gasteiger partial charge in [-0.25, -0.2) is 0 Å². The van der Waals surface area contributed by atoms with E-state index in [4.69, 9.17) is 0 Å². The van der Waals surface area contributed by atoms with E-state index in [1.54, 1.807) is 0 Å². The molecule has 2 atom stereocenters. The van der Waals surface area contributed by atoms with Gasteiger partial charge in [0.15, 0.2) is 0 Å². The fourth-order valence-corrected chi connectivity index (χ4v) is 40.7. The molecule has 4 heteroatoms. The molecule has 0 bridgehead atoms. The van der Waals surface area contributed by atoms with E-state index in [0.717, 1.165) is 0 Å². The van der Waals surface area contributed by atoms with Crippen molar-refractivity contribution in [1.29, 1.82) is 0 Å². The predicted octanol–water partition coefficient (Wildman–Crippen LogP) is 18.0. The summed E-state index contributed by atoms with van der Waals surface area (Å²) >= 11 is -5.32. The van der Waals surface area contributed by atoms with E-state index >= 15 is 0 Å². The Kier molecular flexibility index (Phi) is 12.4. The third-order valence-corrected chi connectivity index (χ3v) is 66.0. The molecule has 62 heavy (non-hydrogen) atoms.